The average molecular weight is 343 g/mol. The van der Waals surface area contributed by atoms with E-state index in [9.17, 15) is 9.18 Å². The van der Waals surface area contributed by atoms with E-state index >= 15 is 0 Å². The fourth-order valence-electron chi connectivity index (χ4n) is 1.51. The summed E-state index contributed by atoms with van der Waals surface area (Å²) >= 11 is 3.10. The van der Waals surface area contributed by atoms with Crippen LogP contribution in [-0.2, 0) is 18.4 Å². The van der Waals surface area contributed by atoms with Crippen molar-refractivity contribution in [3.8, 4) is 0 Å². The van der Waals surface area contributed by atoms with Crippen molar-refractivity contribution in [1.82, 2.24) is 14.8 Å². The van der Waals surface area contributed by atoms with Gasteiger partial charge in [0.1, 0.15) is 11.6 Å². The molecule has 0 aliphatic rings. The highest BCUT2D eigenvalue weighted by molar-refractivity contribution is 9.10. The molecule has 0 fully saturated rings. The highest BCUT2D eigenvalue weighted by Crippen LogP contribution is 2.23. The Morgan fingerprint density at radius 2 is 2.20 bits per heavy atom. The minimum atomic E-state index is -0.621. The van der Waals surface area contributed by atoms with Crippen LogP contribution in [0.5, 0.6) is 0 Å². The van der Waals surface area contributed by atoms with Gasteiger partial charge in [-0.15, -0.1) is 10.2 Å². The van der Waals surface area contributed by atoms with Crippen LogP contribution in [0.2, 0.25) is 0 Å². The number of hydrogen-bond acceptors (Lipinski definition) is 5. The van der Waals surface area contributed by atoms with Gasteiger partial charge in [0.2, 0.25) is 0 Å². The van der Waals surface area contributed by atoms with E-state index in [2.05, 4.69) is 26.1 Å². The summed E-state index contributed by atoms with van der Waals surface area (Å²) in [5.41, 5.74) is 5.47. The molecule has 0 radical (unpaired) electrons. The molecule has 8 heteroatoms. The zero-order valence-electron chi connectivity index (χ0n) is 10.9. The lowest BCUT2D eigenvalue weighted by Crippen LogP contribution is -2.10. The monoisotopic (exact) mass is 342 g/mol. The Balaban J connectivity index is 2.13. The van der Waals surface area contributed by atoms with Crippen LogP contribution in [0.15, 0.2) is 16.6 Å². The van der Waals surface area contributed by atoms with E-state index in [-0.39, 0.29) is 22.3 Å². The normalized spacial score (nSPS) is 10.6. The molecule has 1 aromatic heterocycles. The summed E-state index contributed by atoms with van der Waals surface area (Å²) in [6.45, 7) is 1.76. The maximum atomic E-state index is 13.2. The van der Waals surface area contributed by atoms with Gasteiger partial charge in [-0.25, -0.2) is 9.18 Å². The second-order valence-electron chi connectivity index (χ2n) is 4.15. The molecule has 106 valence electrons. The van der Waals surface area contributed by atoms with Gasteiger partial charge in [-0.05, 0) is 35.0 Å². The summed E-state index contributed by atoms with van der Waals surface area (Å²) < 4.78 is 20.3. The maximum absolute atomic E-state index is 13.2. The van der Waals surface area contributed by atoms with Crippen LogP contribution < -0.4 is 5.73 Å². The fraction of sp³-hybridized carbons (Fsp3) is 0.250. The summed E-state index contributed by atoms with van der Waals surface area (Å²) in [5.74, 6) is 0.00638. The van der Waals surface area contributed by atoms with E-state index in [1.165, 1.54) is 6.07 Å². The first kappa shape index (κ1) is 14.4. The predicted molar refractivity (Wildman–Crippen MR) is 73.4 cm³/mol. The summed E-state index contributed by atoms with van der Waals surface area (Å²) in [6.07, 6.45) is 0. The van der Waals surface area contributed by atoms with Gasteiger partial charge in [-0.1, -0.05) is 0 Å². The van der Waals surface area contributed by atoms with Crippen molar-refractivity contribution in [1.29, 1.82) is 0 Å². The molecule has 0 aliphatic carbocycles. The number of benzene rings is 1. The number of nitrogens with two attached hydrogens (primary N) is 1. The number of rotatable bonds is 3. The number of ether oxygens (including phenoxy) is 1. The molecular formula is C12H12BrFN4O2. The number of nitrogen functional groups attached to an aromatic ring is 1. The van der Waals surface area contributed by atoms with E-state index in [0.717, 1.165) is 6.07 Å². The number of halogens is 2. The fourth-order valence-corrected chi connectivity index (χ4v) is 1.98. The lowest BCUT2D eigenvalue weighted by molar-refractivity contribution is 0.0457. The summed E-state index contributed by atoms with van der Waals surface area (Å²) in [6, 6.07) is 2.35. The first-order valence-corrected chi connectivity index (χ1v) is 6.46. The number of aromatic nitrogens is 3. The molecule has 0 amide bonds. The van der Waals surface area contributed by atoms with Gasteiger partial charge in [0.05, 0.1) is 11.3 Å². The third-order valence-electron chi connectivity index (χ3n) is 2.82. The second-order valence-corrected chi connectivity index (χ2v) is 5.01. The molecule has 20 heavy (non-hydrogen) atoms. The molecule has 1 aromatic carbocycles. The molecule has 0 bridgehead atoms. The molecule has 0 saturated heterocycles. The molecule has 0 aliphatic heterocycles. The van der Waals surface area contributed by atoms with Crippen molar-refractivity contribution in [3.05, 3.63) is 39.6 Å². The molecule has 2 N–H and O–H groups in total. The molecule has 0 saturated carbocycles. The number of carbonyl (C=O) groups is 1. The number of anilines is 1. The topological polar surface area (TPSA) is 83.0 Å². The third kappa shape index (κ3) is 2.79. The van der Waals surface area contributed by atoms with E-state index in [1.54, 1.807) is 18.5 Å². The minimum absolute atomic E-state index is 0.0279. The Kier molecular flexibility index (Phi) is 4.03. The maximum Gasteiger partial charge on any atom is 0.339 e. The van der Waals surface area contributed by atoms with Crippen LogP contribution in [-0.4, -0.2) is 20.7 Å². The molecule has 0 spiro atoms. The van der Waals surface area contributed by atoms with Gasteiger partial charge in [-0.2, -0.15) is 0 Å². The molecule has 2 rings (SSSR count). The third-order valence-corrected chi connectivity index (χ3v) is 3.48. The van der Waals surface area contributed by atoms with Crippen molar-refractivity contribution >= 4 is 27.6 Å². The highest BCUT2D eigenvalue weighted by Gasteiger charge is 2.16. The minimum Gasteiger partial charge on any atom is -0.454 e. The van der Waals surface area contributed by atoms with Crippen molar-refractivity contribution in [2.75, 3.05) is 5.73 Å². The van der Waals surface area contributed by atoms with Crippen LogP contribution in [0.4, 0.5) is 10.1 Å². The van der Waals surface area contributed by atoms with Crippen molar-refractivity contribution < 1.29 is 13.9 Å². The van der Waals surface area contributed by atoms with Crippen molar-refractivity contribution in [3.63, 3.8) is 0 Å². The molecule has 1 heterocycles. The van der Waals surface area contributed by atoms with Gasteiger partial charge >= 0.3 is 5.97 Å². The lowest BCUT2D eigenvalue weighted by atomic mass is 10.2. The standard InChI is InChI=1S/C12H12BrFN4O2/c1-6-16-17-11(18(6)2)5-20-12(19)7-3-10(15)9(14)4-8(7)13/h3-4H,5,15H2,1-2H3. The molecule has 0 atom stereocenters. The lowest BCUT2D eigenvalue weighted by Gasteiger charge is -2.07. The number of nitrogens with zero attached hydrogens (tertiary/aromatic N) is 3. The van der Waals surface area contributed by atoms with Gasteiger partial charge in [-0.3, -0.25) is 0 Å². The molecule has 6 nitrogen and oxygen atoms in total. The largest absolute Gasteiger partial charge is 0.454 e. The van der Waals surface area contributed by atoms with E-state index < -0.39 is 11.8 Å². The summed E-state index contributed by atoms with van der Waals surface area (Å²) in [5, 5.41) is 7.73. The summed E-state index contributed by atoms with van der Waals surface area (Å²) in [7, 11) is 1.77. The number of hydrogen-bond donors (Lipinski definition) is 1. The average Bonchev–Trinajstić information content (AvgIpc) is 2.71. The van der Waals surface area contributed by atoms with Gasteiger partial charge in [0, 0.05) is 11.5 Å². The van der Waals surface area contributed by atoms with Crippen LogP contribution in [0.1, 0.15) is 22.0 Å². The van der Waals surface area contributed by atoms with Gasteiger partial charge in [0.25, 0.3) is 0 Å². The van der Waals surface area contributed by atoms with Crippen molar-refractivity contribution in [2.45, 2.75) is 13.5 Å². The quantitative estimate of drug-likeness (QED) is 0.681. The second kappa shape index (κ2) is 5.58. The molecule has 0 unspecified atom stereocenters. The van der Waals surface area contributed by atoms with Crippen molar-refractivity contribution in [2.24, 2.45) is 7.05 Å². The summed E-state index contributed by atoms with van der Waals surface area (Å²) in [4.78, 5) is 11.9. The Labute approximate surface area is 122 Å². The molecular weight excluding hydrogens is 331 g/mol. The zero-order chi connectivity index (χ0) is 14.9. The van der Waals surface area contributed by atoms with E-state index in [0.29, 0.717) is 11.6 Å². The van der Waals surface area contributed by atoms with E-state index in [4.69, 9.17) is 10.5 Å². The smallest absolute Gasteiger partial charge is 0.339 e. The number of carbonyl (C=O) groups excluding carboxylic acids is 1. The Morgan fingerprint density at radius 1 is 1.50 bits per heavy atom. The first-order valence-electron chi connectivity index (χ1n) is 5.66. The van der Waals surface area contributed by atoms with Gasteiger partial charge < -0.3 is 15.0 Å². The zero-order valence-corrected chi connectivity index (χ0v) is 12.4. The molecule has 2 aromatic rings. The van der Waals surface area contributed by atoms with Crippen LogP contribution in [0.25, 0.3) is 0 Å². The van der Waals surface area contributed by atoms with Crippen LogP contribution >= 0.6 is 15.9 Å². The Bertz CT molecular complexity index is 672. The van der Waals surface area contributed by atoms with Crippen LogP contribution in [0, 0.1) is 12.7 Å². The number of aryl methyl sites for hydroxylation is 1. The van der Waals surface area contributed by atoms with E-state index in [1.807, 2.05) is 0 Å². The predicted octanol–water partition coefficient (Wildman–Crippen LogP) is 1.96. The Hall–Kier alpha value is -1.96. The Morgan fingerprint density at radius 3 is 2.80 bits per heavy atom. The highest BCUT2D eigenvalue weighted by atomic mass is 79.9. The first-order chi connectivity index (χ1) is 9.40. The SMILES string of the molecule is Cc1nnc(COC(=O)c2cc(N)c(F)cc2Br)n1C. The number of esters is 1. The van der Waals surface area contributed by atoms with Gasteiger partial charge in [0.15, 0.2) is 12.4 Å². The van der Waals surface area contributed by atoms with Crippen LogP contribution in [0.3, 0.4) is 0 Å².